The van der Waals surface area contributed by atoms with Crippen LogP contribution in [0.25, 0.3) is 0 Å². The van der Waals surface area contributed by atoms with Crippen LogP contribution in [0.3, 0.4) is 0 Å². The van der Waals surface area contributed by atoms with E-state index in [1.54, 1.807) is 38.1 Å². The van der Waals surface area contributed by atoms with Gasteiger partial charge in [0.1, 0.15) is 35.6 Å². The molecule has 3 unspecified atom stereocenters. The number of hydrogen-bond acceptors (Lipinski definition) is 6. The molecule has 21 heavy (non-hydrogen) atoms. The molecule has 0 aromatic heterocycles. The van der Waals surface area contributed by atoms with Gasteiger partial charge in [0.05, 0.1) is 7.11 Å². The molecule has 3 N–H and O–H groups in total. The zero-order valence-corrected chi connectivity index (χ0v) is 12.2. The van der Waals surface area contributed by atoms with E-state index >= 15 is 0 Å². The molecule has 1 aromatic carbocycles. The monoisotopic (exact) mass is 296 g/mol. The summed E-state index contributed by atoms with van der Waals surface area (Å²) in [6, 6.07) is 6.64. The van der Waals surface area contributed by atoms with Crippen LogP contribution in [0, 0.1) is 0 Å². The molecule has 0 aliphatic carbocycles. The van der Waals surface area contributed by atoms with Crippen molar-refractivity contribution >= 4 is 6.29 Å². The zero-order chi connectivity index (χ0) is 16.0. The molecular formula is C15H20O6. The number of methoxy groups -OCH3 is 1. The predicted octanol–water partition coefficient (Wildman–Crippen LogP) is 0.649. The van der Waals surface area contributed by atoms with Crippen molar-refractivity contribution < 1.29 is 29.6 Å². The van der Waals surface area contributed by atoms with Crippen LogP contribution in [-0.4, -0.2) is 47.0 Å². The van der Waals surface area contributed by atoms with Gasteiger partial charge in [-0.15, -0.1) is 0 Å². The first-order chi connectivity index (χ1) is 9.90. The van der Waals surface area contributed by atoms with Crippen molar-refractivity contribution in [3.05, 3.63) is 35.6 Å². The molecule has 0 aliphatic rings. The summed E-state index contributed by atoms with van der Waals surface area (Å²) < 4.78 is 10.6. The third kappa shape index (κ3) is 4.56. The van der Waals surface area contributed by atoms with Crippen LogP contribution in [0.4, 0.5) is 0 Å². The van der Waals surface area contributed by atoms with Crippen LogP contribution >= 0.6 is 0 Å². The molecule has 1 rings (SSSR count). The highest BCUT2D eigenvalue weighted by Gasteiger charge is 2.29. The van der Waals surface area contributed by atoms with Crippen molar-refractivity contribution in [1.82, 2.24) is 0 Å². The molecule has 0 fully saturated rings. The fraction of sp³-hybridized carbons (Fsp3) is 0.400. The number of rotatable bonds is 7. The van der Waals surface area contributed by atoms with Crippen LogP contribution in [0.2, 0.25) is 0 Å². The van der Waals surface area contributed by atoms with E-state index in [1.807, 2.05) is 0 Å². The summed E-state index contributed by atoms with van der Waals surface area (Å²) in [7, 11) is 1.54. The van der Waals surface area contributed by atoms with E-state index in [0.717, 1.165) is 0 Å². The van der Waals surface area contributed by atoms with Gasteiger partial charge in [0.25, 0.3) is 0 Å². The van der Waals surface area contributed by atoms with Crippen molar-refractivity contribution in [3.63, 3.8) is 0 Å². The molecular weight excluding hydrogens is 276 g/mol. The number of aldehydes is 1. The Kier molecular flexibility index (Phi) is 6.36. The molecule has 0 amide bonds. The van der Waals surface area contributed by atoms with Crippen molar-refractivity contribution in [2.75, 3.05) is 7.11 Å². The van der Waals surface area contributed by atoms with E-state index < -0.39 is 18.3 Å². The van der Waals surface area contributed by atoms with Gasteiger partial charge in [0, 0.05) is 0 Å². The van der Waals surface area contributed by atoms with Gasteiger partial charge in [-0.05, 0) is 43.7 Å². The predicted molar refractivity (Wildman–Crippen MR) is 76.1 cm³/mol. The Hall–Kier alpha value is -1.89. The molecule has 0 aliphatic heterocycles. The van der Waals surface area contributed by atoms with E-state index in [0.29, 0.717) is 17.1 Å². The van der Waals surface area contributed by atoms with Crippen molar-refractivity contribution in [2.45, 2.75) is 32.2 Å². The second-order valence-electron chi connectivity index (χ2n) is 4.70. The maximum absolute atomic E-state index is 10.5. The summed E-state index contributed by atoms with van der Waals surface area (Å²) in [5.41, 5.74) is 0.607. The van der Waals surface area contributed by atoms with Gasteiger partial charge in [0.15, 0.2) is 6.29 Å². The largest absolute Gasteiger partial charge is 0.497 e. The Labute approximate surface area is 123 Å². The van der Waals surface area contributed by atoms with Crippen LogP contribution in [-0.2, 0) is 4.79 Å². The fourth-order valence-electron chi connectivity index (χ4n) is 1.65. The summed E-state index contributed by atoms with van der Waals surface area (Å²) >= 11 is 0. The molecule has 0 saturated carbocycles. The summed E-state index contributed by atoms with van der Waals surface area (Å²) in [4.78, 5) is 10.5. The number of benzene rings is 1. The second-order valence-corrected chi connectivity index (χ2v) is 4.70. The number of allylic oxidation sites excluding steroid dienone is 1. The number of aliphatic hydroxyl groups excluding tert-OH is 3. The minimum atomic E-state index is -1.69. The molecule has 0 saturated heterocycles. The SMILES string of the molecule is COc1ccc(OC(=C(C)C)C(O)C(O)C(O)C=O)cc1. The quantitative estimate of drug-likeness (QED) is 0.505. The average molecular weight is 296 g/mol. The van der Waals surface area contributed by atoms with Gasteiger partial charge >= 0.3 is 0 Å². The third-order valence-electron chi connectivity index (χ3n) is 2.86. The van der Waals surface area contributed by atoms with Gasteiger partial charge in [-0.3, -0.25) is 0 Å². The van der Waals surface area contributed by atoms with Gasteiger partial charge in [-0.2, -0.15) is 0 Å². The van der Waals surface area contributed by atoms with E-state index in [-0.39, 0.29) is 12.0 Å². The Morgan fingerprint density at radius 3 is 2.05 bits per heavy atom. The molecule has 6 heteroatoms. The van der Waals surface area contributed by atoms with Crippen LogP contribution in [0.15, 0.2) is 35.6 Å². The van der Waals surface area contributed by atoms with Crippen LogP contribution in [0.1, 0.15) is 13.8 Å². The maximum atomic E-state index is 10.5. The first kappa shape index (κ1) is 17.2. The third-order valence-corrected chi connectivity index (χ3v) is 2.86. The molecule has 6 nitrogen and oxygen atoms in total. The molecule has 3 atom stereocenters. The van der Waals surface area contributed by atoms with Crippen LogP contribution < -0.4 is 9.47 Å². The van der Waals surface area contributed by atoms with Crippen LogP contribution in [0.5, 0.6) is 11.5 Å². The second kappa shape index (κ2) is 7.78. The van der Waals surface area contributed by atoms with Crippen molar-refractivity contribution in [1.29, 1.82) is 0 Å². The highest BCUT2D eigenvalue weighted by molar-refractivity contribution is 5.57. The number of ether oxygens (including phenoxy) is 2. The summed E-state index contributed by atoms with van der Waals surface area (Å²) in [5.74, 6) is 1.16. The fourth-order valence-corrected chi connectivity index (χ4v) is 1.65. The van der Waals surface area contributed by atoms with E-state index in [2.05, 4.69) is 0 Å². The minimum absolute atomic E-state index is 0.0774. The molecule has 0 radical (unpaired) electrons. The highest BCUT2D eigenvalue weighted by Crippen LogP contribution is 2.23. The number of carbonyl (C=O) groups is 1. The first-order valence-electron chi connectivity index (χ1n) is 6.39. The number of carbonyl (C=O) groups excluding carboxylic acids is 1. The van der Waals surface area contributed by atoms with Gasteiger partial charge in [-0.25, -0.2) is 0 Å². The normalized spacial score (nSPS) is 14.8. The Balaban J connectivity index is 2.92. The standard InChI is InChI=1S/C15H20O6/c1-9(2)15(14(19)13(18)12(17)8-16)21-11-6-4-10(20-3)5-7-11/h4-8,12-14,17-19H,1-3H3. The zero-order valence-electron chi connectivity index (χ0n) is 12.2. The van der Waals surface area contributed by atoms with Crippen molar-refractivity contribution in [2.24, 2.45) is 0 Å². The summed E-state index contributed by atoms with van der Waals surface area (Å²) in [6.45, 7) is 3.37. The summed E-state index contributed by atoms with van der Waals surface area (Å²) in [5, 5.41) is 29.0. The average Bonchev–Trinajstić information content (AvgIpc) is 2.50. The first-order valence-corrected chi connectivity index (χ1v) is 6.39. The maximum Gasteiger partial charge on any atom is 0.151 e. The van der Waals surface area contributed by atoms with Crippen molar-refractivity contribution in [3.8, 4) is 11.5 Å². The molecule has 116 valence electrons. The molecule has 0 spiro atoms. The number of aliphatic hydroxyl groups is 3. The van der Waals surface area contributed by atoms with E-state index in [1.165, 1.54) is 7.11 Å². The minimum Gasteiger partial charge on any atom is -0.497 e. The Bertz CT molecular complexity index is 489. The lowest BCUT2D eigenvalue weighted by atomic mass is 10.0. The molecule has 0 heterocycles. The molecule has 1 aromatic rings. The molecule has 0 bridgehead atoms. The Morgan fingerprint density at radius 1 is 1.10 bits per heavy atom. The lowest BCUT2D eigenvalue weighted by Gasteiger charge is -2.23. The number of hydrogen-bond donors (Lipinski definition) is 3. The topological polar surface area (TPSA) is 96.2 Å². The van der Waals surface area contributed by atoms with Gasteiger partial charge < -0.3 is 29.6 Å². The van der Waals surface area contributed by atoms with E-state index in [9.17, 15) is 20.1 Å². The van der Waals surface area contributed by atoms with Gasteiger partial charge in [-0.1, -0.05) is 0 Å². The smallest absolute Gasteiger partial charge is 0.151 e. The summed E-state index contributed by atoms with van der Waals surface area (Å²) in [6.07, 6.45) is -4.71. The van der Waals surface area contributed by atoms with E-state index in [4.69, 9.17) is 9.47 Å². The lowest BCUT2D eigenvalue weighted by Crippen LogP contribution is -2.40. The highest BCUT2D eigenvalue weighted by atomic mass is 16.5. The lowest BCUT2D eigenvalue weighted by molar-refractivity contribution is -0.125. The Morgan fingerprint density at radius 2 is 1.62 bits per heavy atom. The van der Waals surface area contributed by atoms with Gasteiger partial charge in [0.2, 0.25) is 0 Å².